The first-order valence-corrected chi connectivity index (χ1v) is 8.06. The van der Waals surface area contributed by atoms with E-state index in [4.69, 9.17) is 0 Å². The van der Waals surface area contributed by atoms with Crippen LogP contribution in [0.1, 0.15) is 45.6 Å². The minimum Gasteiger partial charge on any atom is -0.325 e. The van der Waals surface area contributed by atoms with Crippen molar-refractivity contribution in [2.45, 2.75) is 40.0 Å². The fourth-order valence-corrected chi connectivity index (χ4v) is 3.28. The average molecular weight is 288 g/mol. The van der Waals surface area contributed by atoms with Gasteiger partial charge in [-0.2, -0.15) is 0 Å². The highest BCUT2D eigenvalue weighted by molar-refractivity contribution is 5.92. The number of benzene rings is 1. The van der Waals surface area contributed by atoms with Crippen molar-refractivity contribution in [2.24, 2.45) is 11.8 Å². The van der Waals surface area contributed by atoms with Gasteiger partial charge in [0.25, 0.3) is 0 Å². The zero-order valence-electron chi connectivity index (χ0n) is 13.7. The van der Waals surface area contributed by atoms with Gasteiger partial charge in [0, 0.05) is 18.8 Å². The van der Waals surface area contributed by atoms with Crippen molar-refractivity contribution in [3.63, 3.8) is 0 Å². The van der Waals surface area contributed by atoms with Crippen LogP contribution in [0.5, 0.6) is 0 Å². The van der Waals surface area contributed by atoms with Gasteiger partial charge < -0.3 is 5.32 Å². The molecule has 0 spiro atoms. The minimum absolute atomic E-state index is 0.0913. The Morgan fingerprint density at radius 1 is 1.19 bits per heavy atom. The van der Waals surface area contributed by atoms with Gasteiger partial charge in [0.1, 0.15) is 0 Å². The van der Waals surface area contributed by atoms with E-state index in [1.54, 1.807) is 0 Å². The van der Waals surface area contributed by atoms with E-state index in [2.05, 4.69) is 50.0 Å². The number of anilines is 1. The molecule has 1 aromatic rings. The predicted molar refractivity (Wildman–Crippen MR) is 88.5 cm³/mol. The summed E-state index contributed by atoms with van der Waals surface area (Å²) in [5, 5.41) is 3.00. The van der Waals surface area contributed by atoms with Gasteiger partial charge in [-0.3, -0.25) is 9.69 Å². The van der Waals surface area contributed by atoms with Crippen LogP contribution in [0.25, 0.3) is 0 Å². The normalized spacial score (nSPS) is 23.3. The highest BCUT2D eigenvalue weighted by atomic mass is 16.2. The van der Waals surface area contributed by atoms with E-state index in [-0.39, 0.29) is 5.91 Å². The molecular formula is C18H28N2O. The second-order valence-corrected chi connectivity index (χ2v) is 6.97. The molecule has 2 atom stereocenters. The number of hydrogen-bond acceptors (Lipinski definition) is 2. The lowest BCUT2D eigenvalue weighted by Gasteiger charge is -2.34. The van der Waals surface area contributed by atoms with Gasteiger partial charge >= 0.3 is 0 Å². The smallest absolute Gasteiger partial charge is 0.238 e. The number of nitrogens with one attached hydrogen (secondary N) is 1. The molecule has 0 radical (unpaired) electrons. The second-order valence-electron chi connectivity index (χ2n) is 6.97. The molecule has 0 aromatic heterocycles. The first-order chi connectivity index (χ1) is 9.94. The number of carbonyl (C=O) groups excluding carboxylic acids is 1. The molecule has 1 saturated heterocycles. The third kappa shape index (κ3) is 4.85. The summed E-state index contributed by atoms with van der Waals surface area (Å²) in [5.74, 6) is 1.98. The Hall–Kier alpha value is -1.35. The number of amides is 1. The van der Waals surface area contributed by atoms with E-state index in [9.17, 15) is 4.79 Å². The van der Waals surface area contributed by atoms with Crippen molar-refractivity contribution in [3.05, 3.63) is 29.8 Å². The van der Waals surface area contributed by atoms with Crippen molar-refractivity contribution < 1.29 is 4.79 Å². The lowest BCUT2D eigenvalue weighted by Crippen LogP contribution is -2.42. The summed E-state index contributed by atoms with van der Waals surface area (Å²) in [5.41, 5.74) is 2.19. The molecule has 0 unspecified atom stereocenters. The first kappa shape index (κ1) is 16.0. The second kappa shape index (κ2) is 7.08. The highest BCUT2D eigenvalue weighted by Gasteiger charge is 2.23. The van der Waals surface area contributed by atoms with Gasteiger partial charge in [-0.05, 0) is 41.9 Å². The van der Waals surface area contributed by atoms with E-state index in [0.717, 1.165) is 18.8 Å². The Balaban J connectivity index is 1.86. The summed E-state index contributed by atoms with van der Waals surface area (Å²) in [6.45, 7) is 11.4. The van der Waals surface area contributed by atoms with Crippen LogP contribution in [0.3, 0.4) is 0 Å². The number of carbonyl (C=O) groups is 1. The van der Waals surface area contributed by atoms with Crippen LogP contribution in [0, 0.1) is 11.8 Å². The maximum atomic E-state index is 12.2. The number of piperidine rings is 1. The van der Waals surface area contributed by atoms with Crippen LogP contribution in [0.15, 0.2) is 24.3 Å². The van der Waals surface area contributed by atoms with Crippen LogP contribution in [0.4, 0.5) is 5.69 Å². The van der Waals surface area contributed by atoms with E-state index < -0.39 is 0 Å². The SMILES string of the molecule is CC(C)c1ccc(NC(=O)CN2C[C@H](C)C[C@H](C)C2)cc1. The van der Waals surface area contributed by atoms with Gasteiger partial charge in [0.15, 0.2) is 0 Å². The topological polar surface area (TPSA) is 32.3 Å². The third-order valence-electron chi connectivity index (χ3n) is 4.17. The van der Waals surface area contributed by atoms with Gasteiger partial charge in [-0.1, -0.05) is 39.8 Å². The molecule has 1 amide bonds. The maximum Gasteiger partial charge on any atom is 0.238 e. The zero-order valence-corrected chi connectivity index (χ0v) is 13.7. The van der Waals surface area contributed by atoms with Crippen LogP contribution in [-0.2, 0) is 4.79 Å². The van der Waals surface area contributed by atoms with Crippen LogP contribution in [0.2, 0.25) is 0 Å². The Kier molecular flexibility index (Phi) is 5.40. The molecule has 1 N–H and O–H groups in total. The summed E-state index contributed by atoms with van der Waals surface area (Å²) in [7, 11) is 0. The molecule has 2 rings (SSSR count). The number of nitrogens with zero attached hydrogens (tertiary/aromatic N) is 1. The Bertz CT molecular complexity index is 457. The summed E-state index contributed by atoms with van der Waals surface area (Å²) in [6, 6.07) is 8.17. The van der Waals surface area contributed by atoms with E-state index in [1.165, 1.54) is 12.0 Å². The predicted octanol–water partition coefficient (Wildman–Crippen LogP) is 3.73. The quantitative estimate of drug-likeness (QED) is 0.915. The molecule has 1 heterocycles. The minimum atomic E-state index is 0.0913. The largest absolute Gasteiger partial charge is 0.325 e. The molecular weight excluding hydrogens is 260 g/mol. The molecule has 3 heteroatoms. The number of hydrogen-bond donors (Lipinski definition) is 1. The molecule has 116 valence electrons. The van der Waals surface area contributed by atoms with Gasteiger partial charge in [0.05, 0.1) is 6.54 Å². The Labute approximate surface area is 128 Å². The lowest BCUT2D eigenvalue weighted by molar-refractivity contribution is -0.117. The van der Waals surface area contributed by atoms with Gasteiger partial charge in [-0.15, -0.1) is 0 Å². The van der Waals surface area contributed by atoms with E-state index in [0.29, 0.717) is 24.3 Å². The zero-order chi connectivity index (χ0) is 15.4. The molecule has 1 aliphatic rings. The van der Waals surface area contributed by atoms with E-state index >= 15 is 0 Å². The van der Waals surface area contributed by atoms with Gasteiger partial charge in [0.2, 0.25) is 5.91 Å². The van der Waals surface area contributed by atoms with Crippen molar-refractivity contribution in [3.8, 4) is 0 Å². The molecule has 1 fully saturated rings. The Morgan fingerprint density at radius 3 is 2.29 bits per heavy atom. The third-order valence-corrected chi connectivity index (χ3v) is 4.17. The highest BCUT2D eigenvalue weighted by Crippen LogP contribution is 2.21. The standard InChI is InChI=1S/C18H28N2O/c1-13(2)16-5-7-17(8-6-16)19-18(21)12-20-10-14(3)9-15(4)11-20/h5-8,13-15H,9-12H2,1-4H3,(H,19,21)/t14-,15+. The molecule has 0 aliphatic carbocycles. The lowest BCUT2D eigenvalue weighted by atomic mass is 9.92. The van der Waals surface area contributed by atoms with Crippen molar-refractivity contribution in [1.82, 2.24) is 4.90 Å². The summed E-state index contributed by atoms with van der Waals surface area (Å²) in [4.78, 5) is 14.4. The fourth-order valence-electron chi connectivity index (χ4n) is 3.28. The average Bonchev–Trinajstić information content (AvgIpc) is 2.37. The van der Waals surface area contributed by atoms with Gasteiger partial charge in [-0.25, -0.2) is 0 Å². The molecule has 1 aliphatic heterocycles. The summed E-state index contributed by atoms with van der Waals surface area (Å²) >= 11 is 0. The molecule has 21 heavy (non-hydrogen) atoms. The maximum absolute atomic E-state index is 12.2. The molecule has 0 saturated carbocycles. The first-order valence-electron chi connectivity index (χ1n) is 8.06. The van der Waals surface area contributed by atoms with Crippen molar-refractivity contribution >= 4 is 11.6 Å². The van der Waals surface area contributed by atoms with Crippen LogP contribution >= 0.6 is 0 Å². The monoisotopic (exact) mass is 288 g/mol. The Morgan fingerprint density at radius 2 is 1.76 bits per heavy atom. The van der Waals surface area contributed by atoms with Crippen molar-refractivity contribution in [1.29, 1.82) is 0 Å². The fraction of sp³-hybridized carbons (Fsp3) is 0.611. The summed E-state index contributed by atoms with van der Waals surface area (Å²) < 4.78 is 0. The number of likely N-dealkylation sites (tertiary alicyclic amines) is 1. The molecule has 1 aromatic carbocycles. The molecule has 0 bridgehead atoms. The van der Waals surface area contributed by atoms with Crippen LogP contribution in [-0.4, -0.2) is 30.4 Å². The summed E-state index contributed by atoms with van der Waals surface area (Å²) in [6.07, 6.45) is 1.27. The van der Waals surface area contributed by atoms with E-state index in [1.807, 2.05) is 12.1 Å². The number of rotatable bonds is 4. The van der Waals surface area contributed by atoms with Crippen molar-refractivity contribution in [2.75, 3.05) is 25.0 Å². The van der Waals surface area contributed by atoms with Crippen LogP contribution < -0.4 is 5.32 Å². The molecule has 3 nitrogen and oxygen atoms in total.